The highest BCUT2D eigenvalue weighted by Crippen LogP contribution is 2.24. The van der Waals surface area contributed by atoms with Crippen LogP contribution in [0.3, 0.4) is 0 Å². The van der Waals surface area contributed by atoms with Gasteiger partial charge in [-0.1, -0.05) is 12.1 Å². The summed E-state index contributed by atoms with van der Waals surface area (Å²) in [5.41, 5.74) is 2.68. The molecule has 0 spiro atoms. The Kier molecular flexibility index (Phi) is 1.81. The lowest BCUT2D eigenvalue weighted by Gasteiger charge is -2.01. The zero-order chi connectivity index (χ0) is 10.1. The van der Waals surface area contributed by atoms with E-state index in [1.807, 2.05) is 24.3 Å². The summed E-state index contributed by atoms with van der Waals surface area (Å²) in [6, 6.07) is 7.68. The molecule has 0 N–H and O–H groups in total. The summed E-state index contributed by atoms with van der Waals surface area (Å²) in [6.07, 6.45) is 8.45. The van der Waals surface area contributed by atoms with E-state index in [1.54, 1.807) is 18.6 Å². The number of aliphatic imine (C=N–C) groups is 1. The first-order valence-electron chi connectivity index (χ1n) is 4.64. The Morgan fingerprint density at radius 3 is 2.67 bits per heavy atom. The van der Waals surface area contributed by atoms with Crippen molar-refractivity contribution in [2.75, 3.05) is 0 Å². The Bertz CT molecular complexity index is 484. The number of fused-ring (bicyclic) bond motifs is 2. The van der Waals surface area contributed by atoms with E-state index in [4.69, 9.17) is 0 Å². The Labute approximate surface area is 87.5 Å². The summed E-state index contributed by atoms with van der Waals surface area (Å²) in [5, 5.41) is 0. The van der Waals surface area contributed by atoms with E-state index in [1.165, 1.54) is 0 Å². The van der Waals surface area contributed by atoms with Gasteiger partial charge in [0.05, 0.1) is 18.3 Å². The lowest BCUT2D eigenvalue weighted by molar-refractivity contribution is 1.24. The zero-order valence-corrected chi connectivity index (χ0v) is 7.88. The number of pyridine rings is 2. The standard InChI is InChI=1S/C12H7N3/c1-3-9-7-10-4-2-6-14-12(10)15-8-11(9)13-5-1/h1-6,8H. The molecule has 0 saturated heterocycles. The van der Waals surface area contributed by atoms with Gasteiger partial charge in [0.1, 0.15) is 0 Å². The molecule has 2 aromatic rings. The molecule has 3 heteroatoms. The van der Waals surface area contributed by atoms with Gasteiger partial charge < -0.3 is 0 Å². The van der Waals surface area contributed by atoms with Crippen LogP contribution in [0.1, 0.15) is 16.8 Å². The fourth-order valence-corrected chi connectivity index (χ4v) is 1.49. The fourth-order valence-electron chi connectivity index (χ4n) is 1.49. The van der Waals surface area contributed by atoms with E-state index in [9.17, 15) is 0 Å². The normalized spacial score (nSPS) is 12.8. The number of aromatic nitrogens is 2. The molecule has 0 fully saturated rings. The molecule has 15 heavy (non-hydrogen) atoms. The number of nitrogens with zero attached hydrogens (tertiary/aromatic N) is 3. The molecule has 0 saturated carbocycles. The largest absolute Gasteiger partial charge is 0.255 e. The third-order valence-corrected chi connectivity index (χ3v) is 2.20. The minimum Gasteiger partial charge on any atom is -0.255 e. The van der Waals surface area contributed by atoms with E-state index in [2.05, 4.69) is 21.4 Å². The fraction of sp³-hybridized carbons (Fsp3) is 0. The van der Waals surface area contributed by atoms with E-state index in [-0.39, 0.29) is 0 Å². The van der Waals surface area contributed by atoms with E-state index in [0.717, 1.165) is 16.8 Å². The van der Waals surface area contributed by atoms with Gasteiger partial charge in [-0.15, -0.1) is 0 Å². The van der Waals surface area contributed by atoms with Crippen molar-refractivity contribution in [1.82, 2.24) is 9.97 Å². The van der Waals surface area contributed by atoms with E-state index in [0.29, 0.717) is 5.82 Å². The summed E-state index contributed by atoms with van der Waals surface area (Å²) >= 11 is 0. The van der Waals surface area contributed by atoms with Crippen LogP contribution in [-0.4, -0.2) is 16.2 Å². The Morgan fingerprint density at radius 2 is 1.73 bits per heavy atom. The van der Waals surface area contributed by atoms with Crippen molar-refractivity contribution < 1.29 is 0 Å². The van der Waals surface area contributed by atoms with Crippen molar-refractivity contribution in [3.05, 3.63) is 59.9 Å². The van der Waals surface area contributed by atoms with Crippen LogP contribution >= 0.6 is 0 Å². The summed E-state index contributed by atoms with van der Waals surface area (Å²) in [6.45, 7) is 0. The van der Waals surface area contributed by atoms with Crippen molar-refractivity contribution in [1.29, 1.82) is 0 Å². The highest BCUT2D eigenvalue weighted by Gasteiger charge is 2.11. The molecule has 0 amide bonds. The minimum atomic E-state index is 0.690. The topological polar surface area (TPSA) is 38.1 Å². The molecular formula is C12H7N3. The van der Waals surface area contributed by atoms with Crippen molar-refractivity contribution in [3.63, 3.8) is 0 Å². The van der Waals surface area contributed by atoms with Crippen LogP contribution in [0.5, 0.6) is 0 Å². The van der Waals surface area contributed by atoms with Crippen LogP contribution in [0.2, 0.25) is 0 Å². The molecule has 0 aliphatic carbocycles. The quantitative estimate of drug-likeness (QED) is 0.547. The Hall–Kier alpha value is -2.03. The molecule has 1 aliphatic rings. The molecular weight excluding hydrogens is 186 g/mol. The minimum absolute atomic E-state index is 0.690. The second kappa shape index (κ2) is 3.28. The lowest BCUT2D eigenvalue weighted by Crippen LogP contribution is -1.92. The van der Waals surface area contributed by atoms with Gasteiger partial charge in [0.15, 0.2) is 5.82 Å². The molecule has 3 rings (SSSR count). The van der Waals surface area contributed by atoms with E-state index >= 15 is 0 Å². The second-order valence-corrected chi connectivity index (χ2v) is 3.19. The molecule has 70 valence electrons. The predicted molar refractivity (Wildman–Crippen MR) is 57.2 cm³/mol. The molecule has 2 radical (unpaired) electrons. The van der Waals surface area contributed by atoms with E-state index < -0.39 is 0 Å². The maximum absolute atomic E-state index is 4.27. The third kappa shape index (κ3) is 1.42. The maximum Gasteiger partial charge on any atom is 0.156 e. The molecule has 0 aromatic carbocycles. The van der Waals surface area contributed by atoms with Crippen LogP contribution in [0.4, 0.5) is 5.82 Å². The lowest BCUT2D eigenvalue weighted by atomic mass is 10.1. The molecule has 2 aromatic heterocycles. The van der Waals surface area contributed by atoms with Gasteiger partial charge in [-0.2, -0.15) is 0 Å². The first-order chi connectivity index (χ1) is 7.43. The number of hydrogen-bond donors (Lipinski definition) is 0. The van der Waals surface area contributed by atoms with Crippen LogP contribution < -0.4 is 0 Å². The van der Waals surface area contributed by atoms with Gasteiger partial charge >= 0.3 is 0 Å². The third-order valence-electron chi connectivity index (χ3n) is 2.20. The van der Waals surface area contributed by atoms with Gasteiger partial charge in [0.25, 0.3) is 0 Å². The van der Waals surface area contributed by atoms with Crippen molar-refractivity contribution in [2.45, 2.75) is 0 Å². The average Bonchev–Trinajstić information content (AvgIpc) is 2.48. The SMILES string of the molecule is [C]1c2cccnc2C=Nc2ncccc21. The van der Waals surface area contributed by atoms with Gasteiger partial charge in [0.2, 0.25) is 0 Å². The summed E-state index contributed by atoms with van der Waals surface area (Å²) in [5.74, 6) is 0.690. The Balaban J connectivity index is 2.19. The first-order valence-corrected chi connectivity index (χ1v) is 4.64. The van der Waals surface area contributed by atoms with Gasteiger partial charge in [0, 0.05) is 18.0 Å². The first kappa shape index (κ1) is 8.29. The monoisotopic (exact) mass is 193 g/mol. The summed E-state index contributed by atoms with van der Waals surface area (Å²) < 4.78 is 0. The average molecular weight is 193 g/mol. The number of rotatable bonds is 0. The molecule has 0 atom stereocenters. The zero-order valence-electron chi connectivity index (χ0n) is 7.88. The number of hydrogen-bond acceptors (Lipinski definition) is 3. The van der Waals surface area contributed by atoms with Crippen molar-refractivity contribution >= 4 is 12.0 Å². The predicted octanol–water partition coefficient (Wildman–Crippen LogP) is 2.02. The van der Waals surface area contributed by atoms with Gasteiger partial charge in [-0.25, -0.2) is 9.98 Å². The van der Waals surface area contributed by atoms with Crippen molar-refractivity contribution in [2.24, 2.45) is 4.99 Å². The molecule has 0 bridgehead atoms. The summed E-state index contributed by atoms with van der Waals surface area (Å²) in [4.78, 5) is 12.7. The van der Waals surface area contributed by atoms with Crippen LogP contribution in [-0.2, 0) is 0 Å². The Morgan fingerprint density at radius 1 is 0.933 bits per heavy atom. The van der Waals surface area contributed by atoms with Crippen LogP contribution in [0.25, 0.3) is 0 Å². The second-order valence-electron chi connectivity index (χ2n) is 3.19. The molecule has 3 heterocycles. The van der Waals surface area contributed by atoms with Gasteiger partial charge in [-0.3, -0.25) is 4.98 Å². The van der Waals surface area contributed by atoms with Crippen LogP contribution in [0, 0.1) is 6.42 Å². The molecule has 1 aliphatic heterocycles. The van der Waals surface area contributed by atoms with Crippen molar-refractivity contribution in [3.8, 4) is 0 Å². The van der Waals surface area contributed by atoms with Crippen LogP contribution in [0.15, 0.2) is 41.7 Å². The smallest absolute Gasteiger partial charge is 0.156 e. The summed E-state index contributed by atoms with van der Waals surface area (Å²) in [7, 11) is 0. The maximum atomic E-state index is 4.27. The highest BCUT2D eigenvalue weighted by atomic mass is 14.9. The molecule has 0 unspecified atom stereocenters. The highest BCUT2D eigenvalue weighted by molar-refractivity contribution is 5.84. The van der Waals surface area contributed by atoms with Gasteiger partial charge in [-0.05, 0) is 17.7 Å². The molecule has 3 nitrogen and oxygen atoms in total.